The molecule has 41 heavy (non-hydrogen) atoms. The van der Waals surface area contributed by atoms with Crippen LogP contribution in [0.3, 0.4) is 0 Å². The van der Waals surface area contributed by atoms with Gasteiger partial charge in [-0.05, 0) is 63.0 Å². The number of halogens is 4. The first-order valence-corrected chi connectivity index (χ1v) is 12.9. The summed E-state index contributed by atoms with van der Waals surface area (Å²) in [4.78, 5) is 24.5. The Balaban J connectivity index is 1.39. The van der Waals surface area contributed by atoms with E-state index in [0.29, 0.717) is 29.9 Å². The maximum atomic E-state index is 13.9. The van der Waals surface area contributed by atoms with E-state index in [1.165, 1.54) is 29.2 Å². The number of amides is 1. The van der Waals surface area contributed by atoms with Crippen LogP contribution in [0.4, 0.5) is 30.5 Å². The van der Waals surface area contributed by atoms with Crippen LogP contribution in [0.5, 0.6) is 0 Å². The van der Waals surface area contributed by atoms with Crippen molar-refractivity contribution in [3.8, 4) is 23.0 Å². The summed E-state index contributed by atoms with van der Waals surface area (Å²) in [6, 6.07) is 13.7. The normalized spacial score (nSPS) is 15.7. The zero-order chi connectivity index (χ0) is 29.3. The number of anilines is 3. The molecule has 1 amide bonds. The molecule has 1 aliphatic rings. The van der Waals surface area contributed by atoms with Crippen molar-refractivity contribution in [3.63, 3.8) is 0 Å². The fraction of sp³-hybridized carbons (Fsp3) is 0.250. The van der Waals surface area contributed by atoms with E-state index in [1.54, 1.807) is 35.2 Å². The summed E-state index contributed by atoms with van der Waals surface area (Å²) in [7, 11) is 3.92. The van der Waals surface area contributed by atoms with Gasteiger partial charge in [0, 0.05) is 48.3 Å². The molecule has 210 valence electrons. The fourth-order valence-electron chi connectivity index (χ4n) is 4.59. The van der Waals surface area contributed by atoms with E-state index in [1.807, 2.05) is 25.1 Å². The summed E-state index contributed by atoms with van der Waals surface area (Å²) in [6.45, 7) is 0.598. The Bertz CT molecular complexity index is 1630. The first kappa shape index (κ1) is 28.1. The van der Waals surface area contributed by atoms with Crippen molar-refractivity contribution in [1.29, 1.82) is 5.26 Å². The van der Waals surface area contributed by atoms with Gasteiger partial charge in [0.25, 0.3) is 0 Å². The number of piperidine rings is 1. The van der Waals surface area contributed by atoms with Crippen molar-refractivity contribution < 1.29 is 18.0 Å². The van der Waals surface area contributed by atoms with E-state index in [2.05, 4.69) is 20.4 Å². The topological polar surface area (TPSA) is 103 Å². The Morgan fingerprint density at radius 3 is 2.54 bits per heavy atom. The summed E-state index contributed by atoms with van der Waals surface area (Å²) in [5, 5.41) is 16.4. The van der Waals surface area contributed by atoms with Crippen molar-refractivity contribution in [2.45, 2.75) is 25.1 Å². The van der Waals surface area contributed by atoms with Crippen molar-refractivity contribution in [2.24, 2.45) is 0 Å². The van der Waals surface area contributed by atoms with Gasteiger partial charge in [0.05, 0.1) is 34.2 Å². The number of benzene rings is 2. The van der Waals surface area contributed by atoms with Gasteiger partial charge in [-0.25, -0.2) is 14.6 Å². The maximum Gasteiger partial charge on any atom is 0.419 e. The Morgan fingerprint density at radius 2 is 1.90 bits per heavy atom. The summed E-state index contributed by atoms with van der Waals surface area (Å²) < 4.78 is 42.9. The van der Waals surface area contributed by atoms with Crippen LogP contribution in [0.2, 0.25) is 5.02 Å². The Morgan fingerprint density at radius 1 is 1.15 bits per heavy atom. The lowest BCUT2D eigenvalue weighted by molar-refractivity contribution is -0.137. The van der Waals surface area contributed by atoms with Gasteiger partial charge < -0.3 is 15.1 Å². The number of alkyl halides is 3. The molecule has 0 bridgehead atoms. The minimum atomic E-state index is -4.71. The molecule has 1 fully saturated rings. The van der Waals surface area contributed by atoms with E-state index in [-0.39, 0.29) is 34.2 Å². The third-order valence-corrected chi connectivity index (χ3v) is 7.14. The van der Waals surface area contributed by atoms with Gasteiger partial charge in [-0.15, -0.1) is 0 Å². The number of nitriles is 1. The molecule has 2 aromatic carbocycles. The van der Waals surface area contributed by atoms with E-state index < -0.39 is 11.7 Å². The average Bonchev–Trinajstić information content (AvgIpc) is 3.43. The molecule has 0 spiro atoms. The minimum absolute atomic E-state index is 0.0363. The van der Waals surface area contributed by atoms with Gasteiger partial charge in [0.1, 0.15) is 5.56 Å². The third kappa shape index (κ3) is 6.01. The third-order valence-electron chi connectivity index (χ3n) is 6.84. The van der Waals surface area contributed by atoms with Crippen molar-refractivity contribution >= 4 is 34.8 Å². The summed E-state index contributed by atoms with van der Waals surface area (Å²) in [6.07, 6.45) is -0.0754. The number of carbonyl (C=O) groups is 1. The van der Waals surface area contributed by atoms with Gasteiger partial charge in [0.2, 0.25) is 11.9 Å². The standard InChI is InChI=1S/C28H24ClF3N8O/c1-38(2)21-9-10-39(25(41)12-21)20-6-4-19(5-7-20)36-27-34-15-22(28(30,31)32)26(37-27)18-14-35-40(16-18)24-8-3-17(13-33)11-23(24)29/h3-8,11,14-16,21H,9-10,12H2,1-2H3,(H,34,36,37)/t21-/m0/s1. The van der Waals surface area contributed by atoms with Crippen molar-refractivity contribution in [1.82, 2.24) is 24.6 Å². The van der Waals surface area contributed by atoms with Crippen LogP contribution in [0, 0.1) is 11.3 Å². The molecule has 1 N–H and O–H groups in total. The highest BCUT2D eigenvalue weighted by Crippen LogP contribution is 2.37. The number of nitrogens with one attached hydrogen (secondary N) is 1. The molecule has 2 aromatic heterocycles. The molecule has 0 saturated carbocycles. The summed E-state index contributed by atoms with van der Waals surface area (Å²) in [5.74, 6) is -0.0120. The van der Waals surface area contributed by atoms with Gasteiger partial charge in [-0.3, -0.25) is 4.79 Å². The van der Waals surface area contributed by atoms with Crippen LogP contribution < -0.4 is 10.2 Å². The highest BCUT2D eigenvalue weighted by Gasteiger charge is 2.36. The molecule has 0 unspecified atom stereocenters. The van der Waals surface area contributed by atoms with E-state index >= 15 is 0 Å². The van der Waals surface area contributed by atoms with Crippen LogP contribution in [0.25, 0.3) is 16.9 Å². The summed E-state index contributed by atoms with van der Waals surface area (Å²) >= 11 is 6.25. The second kappa shape index (κ2) is 11.2. The molecule has 13 heteroatoms. The monoisotopic (exact) mass is 580 g/mol. The predicted molar refractivity (Wildman–Crippen MR) is 148 cm³/mol. The Kier molecular flexibility index (Phi) is 7.66. The largest absolute Gasteiger partial charge is 0.419 e. The molecule has 0 aliphatic carbocycles. The molecule has 1 aliphatic heterocycles. The number of nitrogens with zero attached hydrogens (tertiary/aromatic N) is 7. The summed E-state index contributed by atoms with van der Waals surface area (Å²) in [5.41, 5.74) is 0.711. The van der Waals surface area contributed by atoms with E-state index in [4.69, 9.17) is 16.9 Å². The first-order valence-electron chi connectivity index (χ1n) is 12.6. The van der Waals surface area contributed by atoms with E-state index in [9.17, 15) is 18.0 Å². The second-order valence-electron chi connectivity index (χ2n) is 9.73. The molecule has 1 atom stereocenters. The average molecular weight is 581 g/mol. The van der Waals surface area contributed by atoms with E-state index in [0.717, 1.165) is 18.3 Å². The number of carbonyl (C=O) groups excluding carboxylic acids is 1. The van der Waals surface area contributed by atoms with Gasteiger partial charge >= 0.3 is 6.18 Å². The highest BCUT2D eigenvalue weighted by molar-refractivity contribution is 6.32. The fourth-order valence-corrected chi connectivity index (χ4v) is 4.86. The van der Waals surface area contributed by atoms with Crippen LogP contribution in [-0.2, 0) is 11.0 Å². The van der Waals surface area contributed by atoms with Crippen LogP contribution in [0.15, 0.2) is 61.1 Å². The number of rotatable bonds is 6. The zero-order valence-corrected chi connectivity index (χ0v) is 22.8. The zero-order valence-electron chi connectivity index (χ0n) is 22.0. The van der Waals surface area contributed by atoms with Crippen molar-refractivity contribution in [3.05, 3.63) is 77.2 Å². The predicted octanol–water partition coefficient (Wildman–Crippen LogP) is 5.67. The van der Waals surface area contributed by atoms with Crippen LogP contribution >= 0.6 is 11.6 Å². The van der Waals surface area contributed by atoms with Gasteiger partial charge in [-0.1, -0.05) is 11.6 Å². The second-order valence-corrected chi connectivity index (χ2v) is 10.1. The molecule has 4 aromatic rings. The molecular weight excluding hydrogens is 557 g/mol. The molecule has 0 radical (unpaired) electrons. The molecular formula is C28H24ClF3N8O. The lowest BCUT2D eigenvalue weighted by Gasteiger charge is -2.34. The molecule has 5 rings (SSSR count). The van der Waals surface area contributed by atoms with Gasteiger partial charge in [0.15, 0.2) is 0 Å². The first-order chi connectivity index (χ1) is 19.5. The molecule has 1 saturated heterocycles. The molecule has 3 heterocycles. The van der Waals surface area contributed by atoms with Crippen LogP contribution in [-0.4, -0.2) is 57.2 Å². The minimum Gasteiger partial charge on any atom is -0.324 e. The lowest BCUT2D eigenvalue weighted by Crippen LogP contribution is -2.45. The Labute approximate surface area is 238 Å². The number of hydrogen-bond acceptors (Lipinski definition) is 7. The quantitative estimate of drug-likeness (QED) is 0.313. The number of hydrogen-bond donors (Lipinski definition) is 1. The lowest BCUT2D eigenvalue weighted by atomic mass is 10.0. The van der Waals surface area contributed by atoms with Crippen molar-refractivity contribution in [2.75, 3.05) is 30.9 Å². The van der Waals surface area contributed by atoms with Gasteiger partial charge in [-0.2, -0.15) is 23.5 Å². The SMILES string of the molecule is CN(C)[C@H]1CCN(c2ccc(Nc3ncc(C(F)(F)F)c(-c4cnn(-c5ccc(C#N)cc5Cl)c4)n3)cc2)C(=O)C1. The highest BCUT2D eigenvalue weighted by atomic mass is 35.5. The maximum absolute atomic E-state index is 13.9. The molecule has 9 nitrogen and oxygen atoms in total. The smallest absolute Gasteiger partial charge is 0.324 e. The van der Waals surface area contributed by atoms with Crippen LogP contribution in [0.1, 0.15) is 24.0 Å². The Hall–Kier alpha value is -4.47. The number of aromatic nitrogens is 4.